The van der Waals surface area contributed by atoms with E-state index in [9.17, 15) is 9.59 Å². The molecule has 1 aromatic heterocycles. The zero-order chi connectivity index (χ0) is 21.7. The van der Waals surface area contributed by atoms with Crippen LogP contribution in [0.15, 0.2) is 42.5 Å². The zero-order valence-electron chi connectivity index (χ0n) is 16.9. The van der Waals surface area contributed by atoms with Gasteiger partial charge in [-0.2, -0.15) is 0 Å². The Hall–Kier alpha value is -2.65. The maximum absolute atomic E-state index is 11.8. The van der Waals surface area contributed by atoms with E-state index in [0.717, 1.165) is 16.6 Å². The van der Waals surface area contributed by atoms with E-state index in [2.05, 4.69) is 9.97 Å². The Bertz CT molecular complexity index is 1050. The van der Waals surface area contributed by atoms with E-state index < -0.39 is 12.1 Å². The van der Waals surface area contributed by atoms with Crippen LogP contribution in [0.5, 0.6) is 0 Å². The second-order valence-electron chi connectivity index (χ2n) is 7.19. The Morgan fingerprint density at radius 1 is 1.13 bits per heavy atom. The second-order valence-corrected chi connectivity index (χ2v) is 10.3. The highest BCUT2D eigenvalue weighted by molar-refractivity contribution is 8.76. The number of amides is 1. The summed E-state index contributed by atoms with van der Waals surface area (Å²) in [6.07, 6.45) is 1.29. The number of para-hydroxylation sites is 1. The predicted molar refractivity (Wildman–Crippen MR) is 121 cm³/mol. The lowest BCUT2D eigenvalue weighted by Crippen LogP contribution is -2.24. The molecule has 158 valence electrons. The Labute approximate surface area is 182 Å². The number of nitrogens with zero attached hydrogens (tertiary/aromatic N) is 1. The molecular weight excluding hydrogens is 422 g/mol. The van der Waals surface area contributed by atoms with Crippen LogP contribution in [-0.2, 0) is 16.1 Å². The molecular formula is C21H23N3O4S2. The van der Waals surface area contributed by atoms with Gasteiger partial charge in [0.1, 0.15) is 24.6 Å². The van der Waals surface area contributed by atoms with E-state index in [1.54, 1.807) is 33.7 Å². The van der Waals surface area contributed by atoms with Crippen molar-refractivity contribution in [2.45, 2.75) is 25.2 Å². The number of carbonyl (C=O) groups excluding carboxylic acids is 2. The van der Waals surface area contributed by atoms with Gasteiger partial charge in [-0.05, 0) is 37.8 Å². The number of imidazole rings is 1. The van der Waals surface area contributed by atoms with Gasteiger partial charge < -0.3 is 20.2 Å². The Kier molecular flexibility index (Phi) is 6.94. The summed E-state index contributed by atoms with van der Waals surface area (Å²) in [6, 6.07) is 12.7. The standard InChI is InChI=1S/C21H23N3O4S2/c1-21(2,30-29-3)12-28-20(26)27-11-13-7-9-14(10-8-13)19-23-16-6-4-5-15(18(22)25)17(16)24-19/h4-10H,11-12H2,1-3H3,(H2,22,25)(H,23,24). The van der Waals surface area contributed by atoms with Crippen LogP contribution in [0.1, 0.15) is 29.8 Å². The van der Waals surface area contributed by atoms with E-state index in [1.807, 2.05) is 50.4 Å². The first-order valence-electron chi connectivity index (χ1n) is 9.18. The van der Waals surface area contributed by atoms with Crippen molar-refractivity contribution in [2.24, 2.45) is 5.73 Å². The fourth-order valence-electron chi connectivity index (χ4n) is 2.79. The maximum Gasteiger partial charge on any atom is 0.508 e. The molecule has 0 bridgehead atoms. The van der Waals surface area contributed by atoms with Gasteiger partial charge in [0.25, 0.3) is 5.91 Å². The molecule has 0 spiro atoms. The number of carbonyl (C=O) groups is 2. The third-order valence-corrected chi connectivity index (χ3v) is 6.80. The molecule has 0 saturated carbocycles. The zero-order valence-corrected chi connectivity index (χ0v) is 18.6. The summed E-state index contributed by atoms with van der Waals surface area (Å²) in [7, 11) is 3.27. The van der Waals surface area contributed by atoms with Gasteiger partial charge in [0.2, 0.25) is 0 Å². The van der Waals surface area contributed by atoms with Gasteiger partial charge in [0.05, 0.1) is 15.8 Å². The van der Waals surface area contributed by atoms with Crippen molar-refractivity contribution in [1.29, 1.82) is 0 Å². The highest BCUT2D eigenvalue weighted by Crippen LogP contribution is 2.33. The van der Waals surface area contributed by atoms with E-state index in [0.29, 0.717) is 16.9 Å². The minimum Gasteiger partial charge on any atom is -0.433 e. The molecule has 0 aliphatic heterocycles. The lowest BCUT2D eigenvalue weighted by Gasteiger charge is -2.21. The Balaban J connectivity index is 1.62. The minimum absolute atomic E-state index is 0.112. The van der Waals surface area contributed by atoms with Crippen molar-refractivity contribution in [2.75, 3.05) is 12.9 Å². The topological polar surface area (TPSA) is 107 Å². The molecule has 3 N–H and O–H groups in total. The molecule has 9 heteroatoms. The summed E-state index contributed by atoms with van der Waals surface area (Å²) in [6.45, 7) is 4.39. The molecule has 2 aromatic carbocycles. The van der Waals surface area contributed by atoms with Gasteiger partial charge in [-0.15, -0.1) is 0 Å². The third kappa shape index (κ3) is 5.48. The van der Waals surface area contributed by atoms with Crippen molar-refractivity contribution < 1.29 is 19.1 Å². The maximum atomic E-state index is 11.8. The summed E-state index contributed by atoms with van der Waals surface area (Å²) in [5, 5.41) is 0. The molecule has 3 rings (SSSR count). The fourth-order valence-corrected chi connectivity index (χ4v) is 4.85. The smallest absolute Gasteiger partial charge is 0.433 e. The van der Waals surface area contributed by atoms with Crippen LogP contribution in [0.4, 0.5) is 4.79 Å². The Morgan fingerprint density at radius 2 is 1.87 bits per heavy atom. The SMILES string of the molecule is CSSC(C)(C)COC(=O)OCc1ccc(-c2nc3c(C(N)=O)cccc3[nH]2)cc1. The highest BCUT2D eigenvalue weighted by atomic mass is 33.1. The van der Waals surface area contributed by atoms with Crippen LogP contribution in [0.3, 0.4) is 0 Å². The van der Waals surface area contributed by atoms with Crippen molar-refractivity contribution in [1.82, 2.24) is 9.97 Å². The Morgan fingerprint density at radius 3 is 2.53 bits per heavy atom. The minimum atomic E-state index is -0.690. The number of aromatic nitrogens is 2. The monoisotopic (exact) mass is 445 g/mol. The van der Waals surface area contributed by atoms with E-state index >= 15 is 0 Å². The van der Waals surface area contributed by atoms with Crippen molar-refractivity contribution >= 4 is 44.7 Å². The molecule has 1 heterocycles. The summed E-state index contributed by atoms with van der Waals surface area (Å²) in [5.74, 6) is 0.104. The fraction of sp³-hybridized carbons (Fsp3) is 0.286. The molecule has 3 aromatic rings. The number of hydrogen-bond donors (Lipinski definition) is 2. The van der Waals surface area contributed by atoms with Crippen molar-refractivity contribution in [3.8, 4) is 11.4 Å². The van der Waals surface area contributed by atoms with E-state index in [4.69, 9.17) is 15.2 Å². The van der Waals surface area contributed by atoms with Crippen LogP contribution >= 0.6 is 21.6 Å². The predicted octanol–water partition coefficient (Wildman–Crippen LogP) is 4.77. The van der Waals surface area contributed by atoms with Crippen molar-refractivity contribution in [3.05, 3.63) is 53.6 Å². The van der Waals surface area contributed by atoms with Crippen molar-refractivity contribution in [3.63, 3.8) is 0 Å². The number of primary amides is 1. The van der Waals surface area contributed by atoms with Gasteiger partial charge in [0.15, 0.2) is 0 Å². The third-order valence-electron chi connectivity index (χ3n) is 4.21. The summed E-state index contributed by atoms with van der Waals surface area (Å²) >= 11 is 0. The lowest BCUT2D eigenvalue weighted by molar-refractivity contribution is 0.0456. The second kappa shape index (κ2) is 9.44. The number of H-pyrrole nitrogens is 1. The first kappa shape index (κ1) is 22.0. The molecule has 0 aliphatic rings. The number of rotatable bonds is 8. The van der Waals surface area contributed by atoms with Gasteiger partial charge in [-0.1, -0.05) is 51.9 Å². The first-order valence-corrected chi connectivity index (χ1v) is 11.7. The number of aromatic amines is 1. The van der Waals surface area contributed by atoms with Crippen LogP contribution < -0.4 is 5.73 Å². The number of fused-ring (bicyclic) bond motifs is 1. The summed E-state index contributed by atoms with van der Waals surface area (Å²) in [5.41, 5.74) is 8.72. The number of hydrogen-bond acceptors (Lipinski definition) is 7. The highest BCUT2D eigenvalue weighted by Gasteiger charge is 2.21. The molecule has 1 amide bonds. The van der Waals surface area contributed by atoms with Crippen LogP contribution in [0.2, 0.25) is 0 Å². The van der Waals surface area contributed by atoms with Gasteiger partial charge in [0, 0.05) is 5.56 Å². The van der Waals surface area contributed by atoms with Crippen LogP contribution in [0.25, 0.3) is 22.4 Å². The number of benzene rings is 2. The molecule has 0 saturated heterocycles. The molecule has 0 radical (unpaired) electrons. The number of nitrogens with one attached hydrogen (secondary N) is 1. The first-order chi connectivity index (χ1) is 14.3. The largest absolute Gasteiger partial charge is 0.508 e. The molecule has 7 nitrogen and oxygen atoms in total. The number of ether oxygens (including phenoxy) is 2. The average molecular weight is 446 g/mol. The summed E-state index contributed by atoms with van der Waals surface area (Å²) < 4.78 is 10.2. The molecule has 30 heavy (non-hydrogen) atoms. The summed E-state index contributed by atoms with van der Waals surface area (Å²) in [4.78, 5) is 31.1. The average Bonchev–Trinajstić information content (AvgIpc) is 3.15. The van der Waals surface area contributed by atoms with Crippen LogP contribution in [0, 0.1) is 0 Å². The van der Waals surface area contributed by atoms with Gasteiger partial charge in [-0.25, -0.2) is 9.78 Å². The van der Waals surface area contributed by atoms with Crippen LogP contribution in [-0.4, -0.2) is 39.6 Å². The quantitative estimate of drug-likeness (QED) is 0.380. The van der Waals surface area contributed by atoms with Gasteiger partial charge in [-0.3, -0.25) is 4.79 Å². The van der Waals surface area contributed by atoms with Gasteiger partial charge >= 0.3 is 6.16 Å². The lowest BCUT2D eigenvalue weighted by atomic mass is 10.1. The molecule has 0 fully saturated rings. The number of nitrogens with two attached hydrogens (primary N) is 1. The van der Waals surface area contributed by atoms with E-state index in [-0.39, 0.29) is 18.0 Å². The molecule has 0 aliphatic carbocycles. The van der Waals surface area contributed by atoms with E-state index in [1.165, 1.54) is 0 Å². The molecule has 0 atom stereocenters. The normalized spacial score (nSPS) is 11.4. The molecule has 0 unspecified atom stereocenters.